The van der Waals surface area contributed by atoms with Gasteiger partial charge in [0.15, 0.2) is 5.78 Å². The molecule has 1 saturated heterocycles. The smallest absolute Gasteiger partial charge is 0.244 e. The molecule has 0 N–H and O–H groups in total. The highest BCUT2D eigenvalue weighted by Gasteiger charge is 2.54. The maximum atomic E-state index is 12.4. The van der Waals surface area contributed by atoms with Crippen molar-refractivity contribution < 1.29 is 13.2 Å². The number of hydrogen-bond acceptors (Lipinski definition) is 3. The molecular formula is C12H13NO3S. The number of ketones is 1. The van der Waals surface area contributed by atoms with Gasteiger partial charge >= 0.3 is 0 Å². The summed E-state index contributed by atoms with van der Waals surface area (Å²) < 4.78 is 26.2. The Morgan fingerprint density at radius 2 is 2.00 bits per heavy atom. The number of hydrogen-bond donors (Lipinski definition) is 0. The van der Waals surface area contributed by atoms with Crippen LogP contribution in [0.4, 0.5) is 0 Å². The van der Waals surface area contributed by atoms with Crippen LogP contribution in [-0.4, -0.2) is 30.6 Å². The molecule has 1 atom stereocenters. The Morgan fingerprint density at radius 3 is 2.76 bits per heavy atom. The normalized spacial score (nSPS) is 31.0. The van der Waals surface area contributed by atoms with Crippen LogP contribution in [0, 0.1) is 0 Å². The van der Waals surface area contributed by atoms with Gasteiger partial charge in [-0.15, -0.1) is 0 Å². The Kier molecular flexibility index (Phi) is 2.04. The highest BCUT2D eigenvalue weighted by Crippen LogP contribution is 2.42. The van der Waals surface area contributed by atoms with E-state index in [9.17, 15) is 13.2 Å². The summed E-state index contributed by atoms with van der Waals surface area (Å²) in [4.78, 5) is 12.6. The van der Waals surface area contributed by atoms with Crippen LogP contribution < -0.4 is 0 Å². The van der Waals surface area contributed by atoms with Crippen molar-refractivity contribution >= 4 is 15.8 Å². The summed E-state index contributed by atoms with van der Waals surface area (Å²) in [7, 11) is -3.50. The van der Waals surface area contributed by atoms with E-state index in [0.29, 0.717) is 18.5 Å². The second-order valence-electron chi connectivity index (χ2n) is 4.78. The molecular weight excluding hydrogens is 238 g/mol. The minimum Gasteiger partial charge on any atom is -0.292 e. The lowest BCUT2D eigenvalue weighted by Gasteiger charge is -2.37. The molecule has 1 unspecified atom stereocenters. The Balaban J connectivity index is 2.35. The van der Waals surface area contributed by atoms with E-state index in [1.165, 1.54) is 10.4 Å². The number of rotatable bonds is 0. The van der Waals surface area contributed by atoms with Crippen LogP contribution in [0.2, 0.25) is 0 Å². The van der Waals surface area contributed by atoms with Gasteiger partial charge in [0.05, 0.1) is 10.4 Å². The summed E-state index contributed by atoms with van der Waals surface area (Å²) in [5.41, 5.74) is -0.527. The molecule has 0 bridgehead atoms. The molecule has 90 valence electrons. The van der Waals surface area contributed by atoms with Crippen LogP contribution in [0.1, 0.15) is 30.1 Å². The van der Waals surface area contributed by atoms with Crippen molar-refractivity contribution in [2.24, 2.45) is 0 Å². The number of sulfonamides is 1. The molecule has 1 fully saturated rings. The molecule has 2 aliphatic heterocycles. The number of benzene rings is 1. The predicted octanol–water partition coefficient (Wildman–Crippen LogP) is 1.43. The summed E-state index contributed by atoms with van der Waals surface area (Å²) in [5.74, 6) is -0.0691. The lowest BCUT2D eigenvalue weighted by Crippen LogP contribution is -2.54. The molecule has 3 rings (SSSR count). The molecule has 0 amide bonds. The van der Waals surface area contributed by atoms with Gasteiger partial charge in [0.25, 0.3) is 0 Å². The first-order valence-electron chi connectivity index (χ1n) is 5.64. The van der Waals surface area contributed by atoms with Gasteiger partial charge in [-0.05, 0) is 31.9 Å². The third kappa shape index (κ3) is 1.21. The zero-order valence-corrected chi connectivity index (χ0v) is 10.3. The van der Waals surface area contributed by atoms with E-state index >= 15 is 0 Å². The topological polar surface area (TPSA) is 54.5 Å². The van der Waals surface area contributed by atoms with E-state index in [1.807, 2.05) is 0 Å². The molecule has 0 spiro atoms. The zero-order chi connectivity index (χ0) is 12.3. The van der Waals surface area contributed by atoms with Crippen LogP contribution >= 0.6 is 0 Å². The number of fused-ring (bicyclic) bond motifs is 2. The van der Waals surface area contributed by atoms with Gasteiger partial charge in [0.2, 0.25) is 10.0 Å². The molecule has 2 heterocycles. The quantitative estimate of drug-likeness (QED) is 0.701. The summed E-state index contributed by atoms with van der Waals surface area (Å²) in [5, 5.41) is 0. The van der Waals surface area contributed by atoms with Gasteiger partial charge in [0, 0.05) is 12.1 Å². The third-order valence-corrected chi connectivity index (χ3v) is 5.84. The molecule has 1 aromatic rings. The number of Topliss-reactive ketones (excluding diaryl/α,β-unsaturated/α-hetero) is 1. The fourth-order valence-corrected chi connectivity index (χ4v) is 4.84. The summed E-state index contributed by atoms with van der Waals surface area (Å²) >= 11 is 0. The maximum absolute atomic E-state index is 12.4. The number of carbonyl (C=O) groups excluding carboxylic acids is 1. The van der Waals surface area contributed by atoms with E-state index < -0.39 is 15.6 Å². The van der Waals surface area contributed by atoms with Gasteiger partial charge in [-0.1, -0.05) is 12.1 Å². The average Bonchev–Trinajstić information content (AvgIpc) is 2.71. The SMILES string of the molecule is CC12CCCN1S(=O)(=O)c1ccccc1C2=O. The minimum absolute atomic E-state index is 0.0691. The second-order valence-corrected chi connectivity index (χ2v) is 6.61. The van der Waals surface area contributed by atoms with Gasteiger partial charge in [-0.3, -0.25) is 4.79 Å². The summed E-state index contributed by atoms with van der Waals surface area (Å²) in [6.07, 6.45) is 1.36. The van der Waals surface area contributed by atoms with Gasteiger partial charge in [0.1, 0.15) is 0 Å². The van der Waals surface area contributed by atoms with Crippen molar-refractivity contribution in [2.75, 3.05) is 6.54 Å². The number of carbonyl (C=O) groups is 1. The Labute approximate surface area is 100 Å². The van der Waals surface area contributed by atoms with Crippen molar-refractivity contribution in [1.29, 1.82) is 0 Å². The fourth-order valence-electron chi connectivity index (χ4n) is 2.84. The first-order chi connectivity index (χ1) is 7.98. The van der Waals surface area contributed by atoms with E-state index in [1.54, 1.807) is 25.1 Å². The molecule has 5 heteroatoms. The van der Waals surface area contributed by atoms with Crippen LogP contribution in [0.3, 0.4) is 0 Å². The Morgan fingerprint density at radius 1 is 1.29 bits per heavy atom. The molecule has 0 aliphatic carbocycles. The van der Waals surface area contributed by atoms with Crippen LogP contribution in [0.25, 0.3) is 0 Å². The first kappa shape index (κ1) is 10.9. The van der Waals surface area contributed by atoms with Gasteiger partial charge < -0.3 is 0 Å². The molecule has 17 heavy (non-hydrogen) atoms. The lowest BCUT2D eigenvalue weighted by atomic mass is 9.89. The van der Waals surface area contributed by atoms with Gasteiger partial charge in [-0.25, -0.2) is 8.42 Å². The van der Waals surface area contributed by atoms with Crippen molar-refractivity contribution in [2.45, 2.75) is 30.2 Å². The summed E-state index contributed by atoms with van der Waals surface area (Å²) in [6.45, 7) is 2.18. The van der Waals surface area contributed by atoms with Crippen molar-refractivity contribution in [3.05, 3.63) is 29.8 Å². The lowest BCUT2D eigenvalue weighted by molar-refractivity contribution is 0.0800. The van der Waals surface area contributed by atoms with E-state index in [2.05, 4.69) is 0 Å². The van der Waals surface area contributed by atoms with Crippen LogP contribution in [0.15, 0.2) is 29.2 Å². The summed E-state index contributed by atoms with van der Waals surface area (Å²) in [6, 6.07) is 6.49. The Bertz CT molecular complexity index is 608. The van der Waals surface area contributed by atoms with E-state index in [4.69, 9.17) is 0 Å². The minimum atomic E-state index is -3.50. The molecule has 0 radical (unpaired) electrons. The van der Waals surface area contributed by atoms with Crippen LogP contribution in [-0.2, 0) is 10.0 Å². The van der Waals surface area contributed by atoms with Crippen molar-refractivity contribution in [3.8, 4) is 0 Å². The highest BCUT2D eigenvalue weighted by atomic mass is 32.2. The highest BCUT2D eigenvalue weighted by molar-refractivity contribution is 7.89. The largest absolute Gasteiger partial charge is 0.292 e. The third-order valence-electron chi connectivity index (χ3n) is 3.76. The van der Waals surface area contributed by atoms with Gasteiger partial charge in [-0.2, -0.15) is 4.31 Å². The first-order valence-corrected chi connectivity index (χ1v) is 7.08. The van der Waals surface area contributed by atoms with Crippen molar-refractivity contribution in [3.63, 3.8) is 0 Å². The van der Waals surface area contributed by atoms with Crippen LogP contribution in [0.5, 0.6) is 0 Å². The van der Waals surface area contributed by atoms with E-state index in [0.717, 1.165) is 6.42 Å². The van der Waals surface area contributed by atoms with E-state index in [-0.39, 0.29) is 10.7 Å². The Hall–Kier alpha value is -1.20. The number of nitrogens with zero attached hydrogens (tertiary/aromatic N) is 1. The predicted molar refractivity (Wildman–Crippen MR) is 62.3 cm³/mol. The molecule has 1 aromatic carbocycles. The standard InChI is InChI=1S/C12H13NO3S/c1-12-7-4-8-13(12)17(15,16)10-6-3-2-5-9(10)11(12)14/h2-3,5-6H,4,7-8H2,1H3. The molecule has 0 aromatic heterocycles. The average molecular weight is 251 g/mol. The molecule has 4 nitrogen and oxygen atoms in total. The monoisotopic (exact) mass is 251 g/mol. The maximum Gasteiger partial charge on any atom is 0.244 e. The van der Waals surface area contributed by atoms with Crippen molar-refractivity contribution in [1.82, 2.24) is 4.31 Å². The molecule has 2 aliphatic rings. The second kappa shape index (κ2) is 3.17. The zero-order valence-electron chi connectivity index (χ0n) is 9.51. The molecule has 0 saturated carbocycles. The fraction of sp³-hybridized carbons (Fsp3) is 0.417.